The number of Topliss-reactive ketones (excluding diaryl/α,β-unsaturated/α-hetero) is 1. The highest BCUT2D eigenvalue weighted by Crippen LogP contribution is 2.23. The number of carbonyl (C=O) groups excluding carboxylic acids is 1. The average Bonchev–Trinajstić information content (AvgIpc) is 2.94. The molecule has 1 aromatic carbocycles. The van der Waals surface area contributed by atoms with Crippen molar-refractivity contribution >= 4 is 33.2 Å². The summed E-state index contributed by atoms with van der Waals surface area (Å²) in [5, 5.41) is 16.8. The van der Waals surface area contributed by atoms with Crippen molar-refractivity contribution in [3.8, 4) is 0 Å². The molecule has 0 aliphatic heterocycles. The van der Waals surface area contributed by atoms with E-state index in [9.17, 15) is 14.4 Å². The van der Waals surface area contributed by atoms with E-state index >= 15 is 0 Å². The smallest absolute Gasteiger partial charge is 0.182 e. The Morgan fingerprint density at radius 1 is 1.40 bits per heavy atom. The molecular formula is C16H18BrFN4O3. The minimum atomic E-state index is -0.436. The molecule has 0 atom stereocenters. The number of halogens is 2. The maximum atomic E-state index is 13.3. The van der Waals surface area contributed by atoms with Crippen molar-refractivity contribution in [1.29, 1.82) is 0 Å². The fourth-order valence-corrected chi connectivity index (χ4v) is 2.52. The Balaban J connectivity index is 2.27. The minimum Gasteiger partial charge on any atom is -0.299 e. The zero-order valence-corrected chi connectivity index (χ0v) is 15.6. The first-order valence-electron chi connectivity index (χ1n) is 7.47. The van der Waals surface area contributed by atoms with E-state index in [2.05, 4.69) is 35.9 Å². The molecular weight excluding hydrogens is 395 g/mol. The monoisotopic (exact) mass is 412 g/mol. The molecule has 0 spiro atoms. The highest BCUT2D eigenvalue weighted by Gasteiger charge is 2.22. The number of carbonyl (C=O) groups is 1. The van der Waals surface area contributed by atoms with Crippen LogP contribution >= 0.6 is 15.9 Å². The fourth-order valence-electron chi connectivity index (χ4n) is 2.16. The van der Waals surface area contributed by atoms with Crippen molar-refractivity contribution < 1.29 is 19.0 Å². The summed E-state index contributed by atoms with van der Waals surface area (Å²) in [5.74, 6) is -0.529. The molecule has 0 saturated heterocycles. The molecule has 7 nitrogen and oxygen atoms in total. The van der Waals surface area contributed by atoms with Crippen LogP contribution in [0.3, 0.4) is 0 Å². The Morgan fingerprint density at radius 2 is 2.12 bits per heavy atom. The van der Waals surface area contributed by atoms with Crippen LogP contribution in [0.25, 0.3) is 0 Å². The molecule has 0 fully saturated rings. The van der Waals surface area contributed by atoms with E-state index in [-0.39, 0.29) is 39.3 Å². The number of aromatic nitrogens is 2. The molecule has 0 unspecified atom stereocenters. The van der Waals surface area contributed by atoms with Gasteiger partial charge >= 0.3 is 0 Å². The van der Waals surface area contributed by atoms with Crippen molar-refractivity contribution in [2.45, 2.75) is 33.6 Å². The van der Waals surface area contributed by atoms with Gasteiger partial charge in [-0.2, -0.15) is 0 Å². The molecule has 0 aliphatic carbocycles. The Bertz CT molecular complexity index is 799. The van der Waals surface area contributed by atoms with E-state index < -0.39 is 5.82 Å². The van der Waals surface area contributed by atoms with Gasteiger partial charge in [0.05, 0.1) is 16.6 Å². The Morgan fingerprint density at radius 3 is 2.72 bits per heavy atom. The summed E-state index contributed by atoms with van der Waals surface area (Å²) in [6.45, 7) is 5.88. The molecule has 9 heteroatoms. The van der Waals surface area contributed by atoms with E-state index in [1.54, 1.807) is 0 Å². The highest BCUT2D eigenvalue weighted by molar-refractivity contribution is 9.10. The summed E-state index contributed by atoms with van der Waals surface area (Å²) in [4.78, 5) is 16.3. The third kappa shape index (κ3) is 5.43. The molecule has 0 radical (unpaired) electrons. The number of hydrogen-bond donors (Lipinski definition) is 2. The lowest BCUT2D eigenvalue weighted by Crippen LogP contribution is -2.23. The third-order valence-corrected chi connectivity index (χ3v) is 3.73. The normalized spacial score (nSPS) is 12.3. The summed E-state index contributed by atoms with van der Waals surface area (Å²) >= 11 is 3.06. The van der Waals surface area contributed by atoms with Gasteiger partial charge in [-0.1, -0.05) is 25.9 Å². The number of amidine groups is 1. The summed E-state index contributed by atoms with van der Waals surface area (Å²) in [6, 6.07) is 4.09. The van der Waals surface area contributed by atoms with Crippen molar-refractivity contribution in [2.75, 3.05) is 0 Å². The fraction of sp³-hybridized carbons (Fsp3) is 0.375. The number of ketones is 1. The molecule has 0 saturated carbocycles. The second-order valence-corrected chi connectivity index (χ2v) is 7.54. The number of nitrogens with zero attached hydrogens (tertiary/aromatic N) is 3. The predicted octanol–water partition coefficient (Wildman–Crippen LogP) is 3.58. The van der Waals surface area contributed by atoms with Gasteiger partial charge in [0.15, 0.2) is 11.5 Å². The lowest BCUT2D eigenvalue weighted by Gasteiger charge is -2.16. The van der Waals surface area contributed by atoms with Gasteiger partial charge in [0.1, 0.15) is 17.3 Å². The van der Waals surface area contributed by atoms with Gasteiger partial charge < -0.3 is 0 Å². The van der Waals surface area contributed by atoms with Crippen molar-refractivity contribution in [3.63, 3.8) is 0 Å². The van der Waals surface area contributed by atoms with Crippen molar-refractivity contribution in [1.82, 2.24) is 15.8 Å². The van der Waals surface area contributed by atoms with Crippen molar-refractivity contribution in [2.24, 2.45) is 10.4 Å². The number of aliphatic imine (C=N–C) groups is 1. The van der Waals surface area contributed by atoms with Crippen molar-refractivity contribution in [3.05, 3.63) is 39.9 Å². The number of hydroxylamine groups is 1. The van der Waals surface area contributed by atoms with Gasteiger partial charge in [-0.05, 0) is 44.7 Å². The number of hydrogen-bond acceptors (Lipinski definition) is 6. The van der Waals surface area contributed by atoms with Gasteiger partial charge in [0, 0.05) is 6.42 Å². The third-order valence-electron chi connectivity index (χ3n) is 3.12. The van der Waals surface area contributed by atoms with E-state index in [0.717, 1.165) is 0 Å². The van der Waals surface area contributed by atoms with Gasteiger partial charge in [0.25, 0.3) is 0 Å². The molecule has 1 aromatic heterocycles. The van der Waals surface area contributed by atoms with Gasteiger partial charge in [-0.15, -0.1) is 0 Å². The molecule has 0 bridgehead atoms. The Kier molecular flexibility index (Phi) is 6.02. The molecule has 1 heterocycles. The lowest BCUT2D eigenvalue weighted by molar-refractivity contribution is -0.120. The molecule has 2 N–H and O–H groups in total. The molecule has 2 aromatic rings. The molecule has 0 amide bonds. The largest absolute Gasteiger partial charge is 0.299 e. The molecule has 2 rings (SSSR count). The standard InChI is InChI=1S/C16H18BrFN4O3/c1-16(2,3)8-10(23)7-13-14(22-25-21-13)15(20-24)19-9-4-5-12(18)11(17)6-9/h4-6,24H,7-8H2,1-3H3,(H,19,20). The Hall–Kier alpha value is -2.13. The van der Waals surface area contributed by atoms with Crippen LogP contribution in [0.2, 0.25) is 0 Å². The van der Waals surface area contributed by atoms with Crippen LogP contribution in [-0.4, -0.2) is 27.1 Å². The minimum absolute atomic E-state index is 0.00388. The van der Waals surface area contributed by atoms with Crippen LogP contribution < -0.4 is 5.48 Å². The quantitative estimate of drug-likeness (QED) is 0.442. The first-order chi connectivity index (χ1) is 11.7. The Labute approximate surface area is 152 Å². The van der Waals surface area contributed by atoms with Crippen LogP contribution in [0.4, 0.5) is 10.1 Å². The predicted molar refractivity (Wildman–Crippen MR) is 92.3 cm³/mol. The number of rotatable bonds is 5. The zero-order valence-electron chi connectivity index (χ0n) is 14.0. The first kappa shape index (κ1) is 19.2. The molecule has 134 valence electrons. The maximum absolute atomic E-state index is 13.3. The summed E-state index contributed by atoms with van der Waals surface area (Å²) in [7, 11) is 0. The van der Waals surface area contributed by atoms with Crippen LogP contribution in [0.5, 0.6) is 0 Å². The average molecular weight is 413 g/mol. The highest BCUT2D eigenvalue weighted by atomic mass is 79.9. The molecule has 0 aliphatic rings. The number of benzene rings is 1. The van der Waals surface area contributed by atoms with Crippen LogP contribution in [0.1, 0.15) is 38.6 Å². The second kappa shape index (κ2) is 7.83. The van der Waals surface area contributed by atoms with E-state index in [1.807, 2.05) is 26.3 Å². The summed E-state index contributed by atoms with van der Waals surface area (Å²) in [6.07, 6.45) is 0.368. The lowest BCUT2D eigenvalue weighted by atomic mass is 9.88. The van der Waals surface area contributed by atoms with Crippen LogP contribution in [-0.2, 0) is 11.2 Å². The zero-order chi connectivity index (χ0) is 18.6. The summed E-state index contributed by atoms with van der Waals surface area (Å²) in [5.41, 5.74) is 2.50. The molecule has 25 heavy (non-hydrogen) atoms. The topological polar surface area (TPSA) is 101 Å². The van der Waals surface area contributed by atoms with E-state index in [1.165, 1.54) is 18.2 Å². The van der Waals surface area contributed by atoms with Crippen LogP contribution in [0.15, 0.2) is 32.3 Å². The summed E-state index contributed by atoms with van der Waals surface area (Å²) < 4.78 is 18.2. The SMILES string of the molecule is CC(C)(C)CC(=O)Cc1nonc1C(=Nc1ccc(F)c(Br)c1)NO. The van der Waals surface area contributed by atoms with Gasteiger partial charge in [0.2, 0.25) is 0 Å². The van der Waals surface area contributed by atoms with E-state index in [4.69, 9.17) is 0 Å². The number of nitrogens with one attached hydrogen (secondary N) is 1. The van der Waals surface area contributed by atoms with E-state index in [0.29, 0.717) is 12.1 Å². The van der Waals surface area contributed by atoms with Gasteiger partial charge in [-0.25, -0.2) is 14.0 Å². The first-order valence-corrected chi connectivity index (χ1v) is 8.26. The maximum Gasteiger partial charge on any atom is 0.182 e. The second-order valence-electron chi connectivity index (χ2n) is 6.68. The van der Waals surface area contributed by atoms with Gasteiger partial charge in [-0.3, -0.25) is 15.5 Å². The van der Waals surface area contributed by atoms with Crippen LogP contribution in [0, 0.1) is 11.2 Å².